The minimum atomic E-state index is 0.0895. The van der Waals surface area contributed by atoms with Crippen LogP contribution in [0.1, 0.15) is 107 Å². The molecule has 0 fully saturated rings. The molecule has 4 aliphatic rings. The van der Waals surface area contributed by atoms with Crippen LogP contribution in [-0.2, 0) is 21.7 Å². The van der Waals surface area contributed by atoms with Crippen LogP contribution in [0.15, 0.2) is 78.9 Å². The summed E-state index contributed by atoms with van der Waals surface area (Å²) in [4.78, 5) is 7.97. The summed E-state index contributed by atoms with van der Waals surface area (Å²) in [5, 5.41) is 5.48. The SMILES string of the molecule is Cc1cc(-c2cccc3c2[nH]c2sc4ccccc4c23)c2c(c1)N1c3cc4c(cc3C)C(C)(C)CCC4(C)CC3(C)CCC(C)(C)c4cc5sc(c1c5cc43)B2. The number of aryl methyl sites for hydroxylation is 2. The lowest BCUT2D eigenvalue weighted by Gasteiger charge is -2.51. The Hall–Kier alpha value is -4.32. The quantitative estimate of drug-likeness (QED) is 0.165. The molecule has 0 spiro atoms. The van der Waals surface area contributed by atoms with Gasteiger partial charge in [-0.2, -0.15) is 0 Å². The fraction of sp³-hybridized carbons (Fsp3) is 0.333. The Morgan fingerprint density at radius 2 is 1.34 bits per heavy atom. The second-order valence-electron chi connectivity index (χ2n) is 20.0. The summed E-state index contributed by atoms with van der Waals surface area (Å²) < 4.78 is 4.28. The fourth-order valence-electron chi connectivity index (χ4n) is 12.1. The Morgan fingerprint density at radius 3 is 2.12 bits per heavy atom. The van der Waals surface area contributed by atoms with Gasteiger partial charge in [-0.15, -0.1) is 22.7 Å². The van der Waals surface area contributed by atoms with Crippen LogP contribution < -0.4 is 15.1 Å². The summed E-state index contributed by atoms with van der Waals surface area (Å²) in [5.74, 6) is 0. The minimum absolute atomic E-state index is 0.0895. The second kappa shape index (κ2) is 10.8. The van der Waals surface area contributed by atoms with Gasteiger partial charge in [0.15, 0.2) is 0 Å². The molecule has 3 aromatic heterocycles. The highest BCUT2D eigenvalue weighted by molar-refractivity contribution is 7.29. The van der Waals surface area contributed by atoms with Crippen molar-refractivity contribution in [3.05, 3.63) is 112 Å². The summed E-state index contributed by atoms with van der Waals surface area (Å²) in [5.41, 5.74) is 19.1. The molecule has 5 heteroatoms. The summed E-state index contributed by atoms with van der Waals surface area (Å²) in [7, 11) is 0.935. The van der Waals surface area contributed by atoms with Crippen molar-refractivity contribution in [2.24, 2.45) is 0 Å². The zero-order valence-electron chi connectivity index (χ0n) is 34.0. The molecule has 2 aliphatic heterocycles. The Balaban J connectivity index is 1.18. The van der Waals surface area contributed by atoms with E-state index in [0.717, 1.165) is 7.28 Å². The number of anilines is 3. The maximum absolute atomic E-state index is 3.96. The van der Waals surface area contributed by atoms with E-state index in [-0.39, 0.29) is 21.7 Å². The molecule has 2 unspecified atom stereocenters. The second-order valence-corrected chi connectivity index (χ2v) is 22.2. The zero-order valence-corrected chi connectivity index (χ0v) is 35.6. The first-order valence-corrected chi connectivity index (χ1v) is 22.5. The van der Waals surface area contributed by atoms with Crippen LogP contribution in [0.2, 0.25) is 0 Å². The number of aromatic amines is 1. The summed E-state index contributed by atoms with van der Waals surface area (Å²) in [6, 6.07) is 31.5. The molecule has 0 amide bonds. The number of rotatable bonds is 1. The molecule has 4 bridgehead atoms. The summed E-state index contributed by atoms with van der Waals surface area (Å²) >= 11 is 3.93. The van der Waals surface area contributed by atoms with Crippen molar-refractivity contribution in [3.8, 4) is 11.1 Å². The molecular weight excluding hydrogens is 716 g/mol. The number of thiophene rings is 2. The van der Waals surface area contributed by atoms with Crippen molar-refractivity contribution < 1.29 is 0 Å². The first-order chi connectivity index (χ1) is 26.7. The predicted molar refractivity (Wildman–Crippen MR) is 246 cm³/mol. The van der Waals surface area contributed by atoms with Crippen LogP contribution in [0.25, 0.3) is 52.4 Å². The minimum Gasteiger partial charge on any atom is -0.346 e. The number of H-pyrrole nitrogens is 1. The van der Waals surface area contributed by atoms with Gasteiger partial charge in [-0.1, -0.05) is 90.1 Å². The highest BCUT2D eigenvalue weighted by atomic mass is 32.1. The smallest absolute Gasteiger partial charge is 0.211 e. The van der Waals surface area contributed by atoms with Crippen molar-refractivity contribution >= 4 is 98.5 Å². The topological polar surface area (TPSA) is 19.0 Å². The summed E-state index contributed by atoms with van der Waals surface area (Å²) in [6.45, 7) is 19.9. The molecule has 5 heterocycles. The molecule has 278 valence electrons. The summed E-state index contributed by atoms with van der Waals surface area (Å²) in [6.07, 6.45) is 6.13. The van der Waals surface area contributed by atoms with Crippen LogP contribution in [0, 0.1) is 13.8 Å². The number of nitrogens with zero attached hydrogens (tertiary/aromatic N) is 1. The molecule has 5 aromatic carbocycles. The van der Waals surface area contributed by atoms with Crippen LogP contribution in [-0.4, -0.2) is 12.3 Å². The van der Waals surface area contributed by atoms with Crippen molar-refractivity contribution in [2.75, 3.05) is 4.90 Å². The molecule has 2 nitrogen and oxygen atoms in total. The fourth-order valence-corrected chi connectivity index (χ4v) is 14.5. The van der Waals surface area contributed by atoms with Gasteiger partial charge in [0.25, 0.3) is 0 Å². The Labute approximate surface area is 339 Å². The van der Waals surface area contributed by atoms with Gasteiger partial charge in [-0.3, -0.25) is 0 Å². The van der Waals surface area contributed by atoms with E-state index in [1.54, 1.807) is 22.3 Å². The van der Waals surface area contributed by atoms with Crippen LogP contribution in [0.4, 0.5) is 17.1 Å². The lowest BCUT2D eigenvalue weighted by Crippen LogP contribution is -2.44. The molecule has 0 radical (unpaired) electrons. The van der Waals surface area contributed by atoms with Gasteiger partial charge in [-0.25, -0.2) is 0 Å². The first-order valence-electron chi connectivity index (χ1n) is 20.9. The van der Waals surface area contributed by atoms with Gasteiger partial charge < -0.3 is 9.88 Å². The van der Waals surface area contributed by atoms with E-state index in [1.165, 1.54) is 123 Å². The molecule has 8 aromatic rings. The Kier molecular flexibility index (Phi) is 6.51. The van der Waals surface area contributed by atoms with E-state index in [0.29, 0.717) is 0 Å². The van der Waals surface area contributed by atoms with Gasteiger partial charge >= 0.3 is 0 Å². The number of fused-ring (bicyclic) bond motifs is 9. The van der Waals surface area contributed by atoms with Crippen molar-refractivity contribution in [1.82, 2.24) is 4.98 Å². The lowest BCUT2D eigenvalue weighted by molar-refractivity contribution is 0.208. The number of hydrogen-bond acceptors (Lipinski definition) is 3. The third-order valence-corrected chi connectivity index (χ3v) is 17.5. The monoisotopic (exact) mass is 764 g/mol. The molecule has 2 atom stereocenters. The molecule has 2 aliphatic carbocycles. The average molecular weight is 765 g/mol. The molecule has 56 heavy (non-hydrogen) atoms. The van der Waals surface area contributed by atoms with Gasteiger partial charge in [-0.05, 0) is 147 Å². The number of para-hydroxylation sites is 1. The van der Waals surface area contributed by atoms with E-state index in [4.69, 9.17) is 0 Å². The van der Waals surface area contributed by atoms with E-state index in [1.807, 2.05) is 11.3 Å². The predicted octanol–water partition coefficient (Wildman–Crippen LogP) is 13.3. The van der Waals surface area contributed by atoms with E-state index in [9.17, 15) is 0 Å². The van der Waals surface area contributed by atoms with Crippen LogP contribution in [0.5, 0.6) is 0 Å². The van der Waals surface area contributed by atoms with E-state index >= 15 is 0 Å². The highest BCUT2D eigenvalue weighted by Crippen LogP contribution is 2.59. The molecule has 0 saturated heterocycles. The lowest BCUT2D eigenvalue weighted by atomic mass is 9.53. The van der Waals surface area contributed by atoms with Gasteiger partial charge in [0, 0.05) is 47.9 Å². The number of nitrogens with one attached hydrogen (secondary N) is 1. The van der Waals surface area contributed by atoms with Crippen molar-refractivity contribution in [1.29, 1.82) is 0 Å². The molecule has 0 saturated carbocycles. The molecular formula is C51H49BN2S2. The van der Waals surface area contributed by atoms with Crippen LogP contribution >= 0.6 is 22.7 Å². The zero-order chi connectivity index (χ0) is 38.3. The third-order valence-electron chi connectivity index (χ3n) is 15.2. The number of hydrogen-bond donors (Lipinski definition) is 1. The maximum Gasteiger partial charge on any atom is 0.211 e. The maximum atomic E-state index is 3.96. The first kappa shape index (κ1) is 33.8. The van der Waals surface area contributed by atoms with E-state index < -0.39 is 0 Å². The van der Waals surface area contributed by atoms with Gasteiger partial charge in [0.1, 0.15) is 4.83 Å². The Bertz CT molecular complexity index is 3060. The molecule has 1 N–H and O–H groups in total. The standard InChI is InChI=1S/C51H49BN2S2/c1-27-20-32(29-13-11-14-31-42-30-12-9-10-15-40(30)56-47(42)53-44(29)31)43-39(21-27)54-38-24-37-34(22-28(38)2)48(3,4)16-19-51(37,8)26-50(7)18-17-49(5,6)35-25-41-33(23-36(35)50)45(54)46(52-43)55-41/h9-15,20-25,52-53H,16-19,26H2,1-8H3. The number of aromatic nitrogens is 1. The normalized spacial score (nSPS) is 22.8. The highest BCUT2D eigenvalue weighted by Gasteiger charge is 2.49. The largest absolute Gasteiger partial charge is 0.346 e. The van der Waals surface area contributed by atoms with E-state index in [2.05, 4.69) is 155 Å². The Morgan fingerprint density at radius 1 is 0.625 bits per heavy atom. The molecule has 12 rings (SSSR count). The van der Waals surface area contributed by atoms with Crippen molar-refractivity contribution in [2.45, 2.75) is 109 Å². The van der Waals surface area contributed by atoms with Crippen LogP contribution in [0.3, 0.4) is 0 Å². The number of benzene rings is 5. The van der Waals surface area contributed by atoms with Gasteiger partial charge in [0.2, 0.25) is 7.28 Å². The van der Waals surface area contributed by atoms with Gasteiger partial charge in [0.05, 0.1) is 11.2 Å². The average Bonchev–Trinajstić information content (AvgIpc) is 3.83. The third kappa shape index (κ3) is 4.34. The van der Waals surface area contributed by atoms with Crippen molar-refractivity contribution in [3.63, 3.8) is 0 Å².